The summed E-state index contributed by atoms with van der Waals surface area (Å²) >= 11 is 0. The summed E-state index contributed by atoms with van der Waals surface area (Å²) in [5.74, 6) is 0. The molecular weight excluding hydrogens is 174 g/mol. The van der Waals surface area contributed by atoms with Gasteiger partial charge in [0, 0.05) is 51.7 Å². The zero-order valence-corrected chi connectivity index (χ0v) is 8.47. The summed E-state index contributed by atoms with van der Waals surface area (Å²) in [7, 11) is 0. The molecular formula is C11H17N3. The van der Waals surface area contributed by atoms with Crippen LogP contribution in [-0.4, -0.2) is 54.1 Å². The first-order valence-corrected chi connectivity index (χ1v) is 5.25. The molecule has 0 N–H and O–H groups in total. The van der Waals surface area contributed by atoms with E-state index in [9.17, 15) is 0 Å². The summed E-state index contributed by atoms with van der Waals surface area (Å²) in [4.78, 5) is 8.87. The zero-order valence-electron chi connectivity index (χ0n) is 8.47. The third kappa shape index (κ3) is 2.79. The van der Waals surface area contributed by atoms with Gasteiger partial charge in [0.25, 0.3) is 0 Å². The van der Waals surface area contributed by atoms with Gasteiger partial charge in [-0.15, -0.1) is 0 Å². The Kier molecular flexibility index (Phi) is 3.49. The van der Waals surface area contributed by atoms with Gasteiger partial charge in [-0.3, -0.25) is 14.8 Å². The molecule has 76 valence electrons. The lowest BCUT2D eigenvalue weighted by atomic mass is 10.2. The predicted molar refractivity (Wildman–Crippen MR) is 57.1 cm³/mol. The molecule has 0 aliphatic carbocycles. The quantitative estimate of drug-likeness (QED) is 0.602. The number of hydrogen-bond donors (Lipinski definition) is 0. The van der Waals surface area contributed by atoms with Crippen molar-refractivity contribution in [3.63, 3.8) is 0 Å². The van der Waals surface area contributed by atoms with Gasteiger partial charge in [0.2, 0.25) is 0 Å². The van der Waals surface area contributed by atoms with Gasteiger partial charge < -0.3 is 0 Å². The molecule has 4 rings (SSSR count). The Labute approximate surface area is 85.4 Å². The van der Waals surface area contributed by atoms with Crippen LogP contribution in [0.25, 0.3) is 0 Å². The minimum Gasteiger partial charge on any atom is -0.300 e. The van der Waals surface area contributed by atoms with E-state index in [4.69, 9.17) is 0 Å². The number of nitrogens with zero attached hydrogens (tertiary/aromatic N) is 3. The Morgan fingerprint density at radius 2 is 1.07 bits per heavy atom. The smallest absolute Gasteiger partial charge is 0.0267 e. The van der Waals surface area contributed by atoms with Crippen molar-refractivity contribution in [3.05, 3.63) is 30.6 Å². The van der Waals surface area contributed by atoms with Crippen LogP contribution in [-0.2, 0) is 0 Å². The van der Waals surface area contributed by atoms with Crippen LogP contribution < -0.4 is 0 Å². The van der Waals surface area contributed by atoms with Crippen molar-refractivity contribution in [2.75, 3.05) is 39.3 Å². The van der Waals surface area contributed by atoms with Crippen LogP contribution in [0.15, 0.2) is 30.6 Å². The van der Waals surface area contributed by atoms with Crippen molar-refractivity contribution >= 4 is 0 Å². The molecule has 0 saturated carbocycles. The lowest BCUT2D eigenvalue weighted by Crippen LogP contribution is -2.55. The molecule has 0 unspecified atom stereocenters. The Morgan fingerprint density at radius 1 is 0.643 bits per heavy atom. The summed E-state index contributed by atoms with van der Waals surface area (Å²) in [6.45, 7) is 7.92. The minimum absolute atomic E-state index is 1.32. The van der Waals surface area contributed by atoms with E-state index in [0.717, 1.165) is 0 Å². The van der Waals surface area contributed by atoms with Gasteiger partial charge in [0.1, 0.15) is 0 Å². The largest absolute Gasteiger partial charge is 0.300 e. The number of aromatic nitrogens is 1. The SMILES string of the molecule is C1CN2CCN1CC2.c1ccncc1. The van der Waals surface area contributed by atoms with E-state index in [2.05, 4.69) is 14.8 Å². The van der Waals surface area contributed by atoms with Gasteiger partial charge in [0.15, 0.2) is 0 Å². The van der Waals surface area contributed by atoms with Gasteiger partial charge in [-0.25, -0.2) is 0 Å². The van der Waals surface area contributed by atoms with E-state index in [-0.39, 0.29) is 0 Å². The second-order valence-corrected chi connectivity index (χ2v) is 3.71. The monoisotopic (exact) mass is 191 g/mol. The highest BCUT2D eigenvalue weighted by Crippen LogP contribution is 2.06. The van der Waals surface area contributed by atoms with Crippen LogP contribution in [0.4, 0.5) is 0 Å². The summed E-state index contributed by atoms with van der Waals surface area (Å²) in [5.41, 5.74) is 0. The van der Waals surface area contributed by atoms with E-state index in [1.165, 1.54) is 39.3 Å². The van der Waals surface area contributed by atoms with Crippen molar-refractivity contribution < 1.29 is 0 Å². The minimum atomic E-state index is 1.32. The van der Waals surface area contributed by atoms with E-state index in [1.54, 1.807) is 12.4 Å². The molecule has 0 radical (unpaired) electrons. The standard InChI is InChI=1S/C6H12N2.C5H5N/c1-2-8-5-3-7(1)4-6-8;1-2-4-6-5-3-1/h1-6H2;1-5H. The number of fused-ring (bicyclic) bond motifs is 3. The fraction of sp³-hybridized carbons (Fsp3) is 0.545. The second-order valence-electron chi connectivity index (χ2n) is 3.71. The maximum Gasteiger partial charge on any atom is 0.0267 e. The molecule has 0 spiro atoms. The molecule has 3 aliphatic heterocycles. The van der Waals surface area contributed by atoms with Gasteiger partial charge in [-0.1, -0.05) is 6.07 Å². The third-order valence-corrected chi connectivity index (χ3v) is 2.76. The highest BCUT2D eigenvalue weighted by atomic mass is 15.3. The zero-order chi connectivity index (χ0) is 9.64. The van der Waals surface area contributed by atoms with Crippen molar-refractivity contribution in [3.8, 4) is 0 Å². The second kappa shape index (κ2) is 5.08. The summed E-state index contributed by atoms with van der Waals surface area (Å²) in [6, 6.07) is 5.72. The summed E-state index contributed by atoms with van der Waals surface area (Å²) in [6.07, 6.45) is 3.50. The van der Waals surface area contributed by atoms with E-state index in [1.807, 2.05) is 18.2 Å². The molecule has 3 aliphatic rings. The van der Waals surface area contributed by atoms with E-state index < -0.39 is 0 Å². The van der Waals surface area contributed by atoms with Crippen LogP contribution in [0, 0.1) is 0 Å². The molecule has 1 aromatic rings. The molecule has 3 heteroatoms. The van der Waals surface area contributed by atoms with Crippen molar-refractivity contribution in [2.24, 2.45) is 0 Å². The van der Waals surface area contributed by atoms with Crippen LogP contribution in [0.1, 0.15) is 0 Å². The predicted octanol–water partition coefficient (Wildman–Crippen LogP) is 0.699. The lowest BCUT2D eigenvalue weighted by molar-refractivity contribution is 0.0647. The third-order valence-electron chi connectivity index (χ3n) is 2.76. The Balaban J connectivity index is 0.000000112. The molecule has 2 bridgehead atoms. The first-order chi connectivity index (χ1) is 6.95. The number of hydrogen-bond acceptors (Lipinski definition) is 3. The van der Waals surface area contributed by atoms with Crippen LogP contribution >= 0.6 is 0 Å². The molecule has 0 aromatic carbocycles. The molecule has 3 fully saturated rings. The average Bonchev–Trinajstić information content (AvgIpc) is 2.35. The first kappa shape index (κ1) is 9.62. The Morgan fingerprint density at radius 3 is 1.21 bits per heavy atom. The highest BCUT2D eigenvalue weighted by molar-refractivity contribution is 4.88. The summed E-state index contributed by atoms with van der Waals surface area (Å²) in [5, 5.41) is 0. The molecule has 0 amide bonds. The van der Waals surface area contributed by atoms with E-state index >= 15 is 0 Å². The van der Waals surface area contributed by atoms with Gasteiger partial charge in [-0.2, -0.15) is 0 Å². The van der Waals surface area contributed by atoms with Crippen LogP contribution in [0.2, 0.25) is 0 Å². The number of rotatable bonds is 0. The van der Waals surface area contributed by atoms with Crippen LogP contribution in [0.5, 0.6) is 0 Å². The highest BCUT2D eigenvalue weighted by Gasteiger charge is 2.21. The molecule has 1 aromatic heterocycles. The Bertz CT molecular complexity index is 192. The normalized spacial score (nSPS) is 29.1. The maximum absolute atomic E-state index is 3.78. The molecule has 3 nitrogen and oxygen atoms in total. The van der Waals surface area contributed by atoms with E-state index in [0.29, 0.717) is 0 Å². The molecule has 14 heavy (non-hydrogen) atoms. The molecule has 3 saturated heterocycles. The fourth-order valence-corrected chi connectivity index (χ4v) is 1.83. The van der Waals surface area contributed by atoms with Crippen molar-refractivity contribution in [2.45, 2.75) is 0 Å². The maximum atomic E-state index is 3.78. The molecule has 4 heterocycles. The number of piperazine rings is 3. The van der Waals surface area contributed by atoms with Gasteiger partial charge in [-0.05, 0) is 12.1 Å². The lowest BCUT2D eigenvalue weighted by Gasteiger charge is -2.41. The van der Waals surface area contributed by atoms with Crippen molar-refractivity contribution in [1.82, 2.24) is 14.8 Å². The first-order valence-electron chi connectivity index (χ1n) is 5.25. The van der Waals surface area contributed by atoms with Crippen molar-refractivity contribution in [1.29, 1.82) is 0 Å². The summed E-state index contributed by atoms with van der Waals surface area (Å²) < 4.78 is 0. The van der Waals surface area contributed by atoms with Gasteiger partial charge >= 0.3 is 0 Å². The Hall–Kier alpha value is -0.930. The fourth-order valence-electron chi connectivity index (χ4n) is 1.83. The molecule has 0 atom stereocenters. The number of pyridine rings is 1. The topological polar surface area (TPSA) is 19.4 Å². The van der Waals surface area contributed by atoms with Crippen LogP contribution in [0.3, 0.4) is 0 Å². The average molecular weight is 191 g/mol. The van der Waals surface area contributed by atoms with Gasteiger partial charge in [0.05, 0.1) is 0 Å².